The number of aryl methyl sites for hydroxylation is 1. The molecule has 226 valence electrons. The van der Waals surface area contributed by atoms with Gasteiger partial charge in [-0.2, -0.15) is 5.10 Å². The molecule has 1 unspecified atom stereocenters. The Labute approximate surface area is 246 Å². The smallest absolute Gasteiger partial charge is 0.275 e. The van der Waals surface area contributed by atoms with E-state index in [2.05, 4.69) is 36.1 Å². The molecular weight excluding hydrogens is 534 g/mol. The Balaban J connectivity index is 1.03. The Morgan fingerprint density at radius 3 is 2.33 bits per heavy atom. The van der Waals surface area contributed by atoms with Crippen molar-refractivity contribution in [3.8, 4) is 0 Å². The summed E-state index contributed by atoms with van der Waals surface area (Å²) in [5.41, 5.74) is 1.41. The van der Waals surface area contributed by atoms with Gasteiger partial charge in [-0.1, -0.05) is 12.5 Å². The molecule has 1 atom stereocenters. The summed E-state index contributed by atoms with van der Waals surface area (Å²) in [6, 6.07) is 5.19. The Morgan fingerprint density at radius 2 is 1.62 bits per heavy atom. The number of nitrogens with zero attached hydrogens (tertiary/aromatic N) is 6. The molecule has 4 aliphatic rings. The summed E-state index contributed by atoms with van der Waals surface area (Å²) in [6.45, 7) is 11.0. The van der Waals surface area contributed by atoms with Crippen molar-refractivity contribution in [2.75, 3.05) is 70.3 Å². The first kappa shape index (κ1) is 28.8. The van der Waals surface area contributed by atoms with Crippen LogP contribution in [0.15, 0.2) is 23.0 Å². The fraction of sp³-hybridized carbons (Fsp3) is 0.645. The van der Waals surface area contributed by atoms with Crippen LogP contribution < -0.4 is 15.8 Å². The number of amides is 3. The van der Waals surface area contributed by atoms with E-state index < -0.39 is 11.9 Å². The predicted octanol–water partition coefficient (Wildman–Crippen LogP) is 1.53. The average Bonchev–Trinajstić information content (AvgIpc) is 3.00. The predicted molar refractivity (Wildman–Crippen MR) is 160 cm³/mol. The lowest BCUT2D eigenvalue weighted by molar-refractivity contribution is -0.136. The molecule has 1 N–H and O–H groups in total. The van der Waals surface area contributed by atoms with Crippen molar-refractivity contribution in [3.05, 3.63) is 34.2 Å². The number of carbonyl (C=O) groups excluding carboxylic acids is 3. The van der Waals surface area contributed by atoms with E-state index in [1.165, 1.54) is 23.9 Å². The number of piperazine rings is 1. The van der Waals surface area contributed by atoms with E-state index in [0.717, 1.165) is 82.8 Å². The normalized spacial score (nSPS) is 23.4. The molecule has 11 nitrogen and oxygen atoms in total. The number of nitrogens with one attached hydrogen (secondary N) is 1. The van der Waals surface area contributed by atoms with Gasteiger partial charge in [-0.05, 0) is 70.2 Å². The molecule has 1 aromatic carbocycles. The maximum atomic E-state index is 13.5. The van der Waals surface area contributed by atoms with Gasteiger partial charge in [0.2, 0.25) is 11.8 Å². The van der Waals surface area contributed by atoms with Crippen LogP contribution in [0.5, 0.6) is 0 Å². The zero-order chi connectivity index (χ0) is 29.2. The number of benzene rings is 1. The second-order valence-corrected chi connectivity index (χ2v) is 12.5. The Kier molecular flexibility index (Phi) is 8.57. The third kappa shape index (κ3) is 6.22. The number of anilines is 1. The number of aromatic nitrogens is 2. The monoisotopic (exact) mass is 577 g/mol. The second kappa shape index (κ2) is 12.5. The van der Waals surface area contributed by atoms with Gasteiger partial charge in [0.15, 0.2) is 0 Å². The van der Waals surface area contributed by atoms with Gasteiger partial charge in [-0.25, -0.2) is 4.68 Å². The van der Waals surface area contributed by atoms with Crippen LogP contribution in [0.2, 0.25) is 0 Å². The Bertz CT molecular complexity index is 1390. The van der Waals surface area contributed by atoms with Crippen molar-refractivity contribution in [1.29, 1.82) is 0 Å². The minimum Gasteiger partial charge on any atom is -0.371 e. The molecule has 0 aliphatic carbocycles. The van der Waals surface area contributed by atoms with Crippen molar-refractivity contribution in [1.82, 2.24) is 29.8 Å². The van der Waals surface area contributed by atoms with E-state index in [-0.39, 0.29) is 30.2 Å². The van der Waals surface area contributed by atoms with E-state index in [1.807, 2.05) is 19.1 Å². The van der Waals surface area contributed by atoms with Crippen LogP contribution in [0.25, 0.3) is 10.8 Å². The molecule has 3 amide bonds. The van der Waals surface area contributed by atoms with Gasteiger partial charge >= 0.3 is 0 Å². The van der Waals surface area contributed by atoms with Crippen LogP contribution in [-0.4, -0.2) is 108 Å². The molecule has 0 spiro atoms. The lowest BCUT2D eigenvalue weighted by atomic mass is 9.95. The number of hydrogen-bond donors (Lipinski definition) is 1. The summed E-state index contributed by atoms with van der Waals surface area (Å²) < 4.78 is 1.26. The lowest BCUT2D eigenvalue weighted by Gasteiger charge is -2.40. The quantitative estimate of drug-likeness (QED) is 0.515. The molecule has 1 aromatic heterocycles. The van der Waals surface area contributed by atoms with E-state index in [1.54, 1.807) is 0 Å². The van der Waals surface area contributed by atoms with E-state index >= 15 is 0 Å². The number of likely N-dealkylation sites (tertiary alicyclic amines) is 1. The molecule has 4 saturated heterocycles. The van der Waals surface area contributed by atoms with Gasteiger partial charge in [-0.3, -0.25) is 34.3 Å². The number of piperidine rings is 3. The van der Waals surface area contributed by atoms with Crippen LogP contribution in [0, 0.1) is 12.8 Å². The molecule has 0 saturated carbocycles. The standard InChI is InChI=1S/C31H43N7O4/c1-22-25-6-5-24(19-26(25)31(42)38(33-22)27-7-8-28(39)32-30(27)41)36-13-9-23(10-14-36)20-35-15-17-37(18-16-35)29(40)21-34-11-3-2-4-12-34/h5-6,19,23,27H,2-4,7-18,20-21H2,1H3,(H,32,39,41). The number of rotatable bonds is 6. The Hall–Kier alpha value is -3.31. The van der Waals surface area contributed by atoms with Crippen LogP contribution in [0.1, 0.15) is 56.7 Å². The maximum absolute atomic E-state index is 13.5. The van der Waals surface area contributed by atoms with Crippen molar-refractivity contribution in [3.63, 3.8) is 0 Å². The first-order valence-electron chi connectivity index (χ1n) is 15.7. The van der Waals surface area contributed by atoms with Crippen LogP contribution in [0.4, 0.5) is 5.69 Å². The summed E-state index contributed by atoms with van der Waals surface area (Å²) in [6.07, 6.45) is 6.35. The first-order valence-corrected chi connectivity index (χ1v) is 15.7. The highest BCUT2D eigenvalue weighted by Gasteiger charge is 2.31. The summed E-state index contributed by atoms with van der Waals surface area (Å²) in [7, 11) is 0. The third-order valence-electron chi connectivity index (χ3n) is 9.62. The first-order chi connectivity index (χ1) is 20.4. The summed E-state index contributed by atoms with van der Waals surface area (Å²) in [4.78, 5) is 59.5. The van der Waals surface area contributed by atoms with Gasteiger partial charge in [0.05, 0.1) is 17.6 Å². The topological polar surface area (TPSA) is 111 Å². The number of imide groups is 1. The number of hydrogen-bond acceptors (Lipinski definition) is 8. The van der Waals surface area contributed by atoms with E-state index in [0.29, 0.717) is 23.5 Å². The zero-order valence-corrected chi connectivity index (χ0v) is 24.7. The molecule has 4 aliphatic heterocycles. The average molecular weight is 578 g/mol. The van der Waals surface area contributed by atoms with Crippen LogP contribution in [-0.2, 0) is 14.4 Å². The molecule has 42 heavy (non-hydrogen) atoms. The third-order valence-corrected chi connectivity index (χ3v) is 9.62. The number of carbonyl (C=O) groups is 3. The minimum atomic E-state index is -0.771. The SMILES string of the molecule is Cc1nn(C2CCC(=O)NC2=O)c(=O)c2cc(N3CCC(CN4CCN(C(=O)CN5CCCCC5)CC4)CC3)ccc12. The molecule has 4 fully saturated rings. The van der Waals surface area contributed by atoms with Gasteiger partial charge in [0.25, 0.3) is 11.5 Å². The summed E-state index contributed by atoms with van der Waals surface area (Å²) in [5.74, 6) is 0.125. The highest BCUT2D eigenvalue weighted by Crippen LogP contribution is 2.28. The maximum Gasteiger partial charge on any atom is 0.275 e. The van der Waals surface area contributed by atoms with Crippen molar-refractivity contribution >= 4 is 34.2 Å². The van der Waals surface area contributed by atoms with Crippen molar-refractivity contribution < 1.29 is 14.4 Å². The molecular formula is C31H43N7O4. The van der Waals surface area contributed by atoms with Crippen LogP contribution in [0.3, 0.4) is 0 Å². The van der Waals surface area contributed by atoms with Crippen LogP contribution >= 0.6 is 0 Å². The molecule has 0 radical (unpaired) electrons. The van der Waals surface area contributed by atoms with Gasteiger partial charge in [0, 0.05) is 63.3 Å². The summed E-state index contributed by atoms with van der Waals surface area (Å²) >= 11 is 0. The zero-order valence-electron chi connectivity index (χ0n) is 24.7. The molecule has 5 heterocycles. The van der Waals surface area contributed by atoms with Crippen molar-refractivity contribution in [2.24, 2.45) is 5.92 Å². The number of fused-ring (bicyclic) bond motifs is 1. The van der Waals surface area contributed by atoms with Crippen molar-refractivity contribution in [2.45, 2.75) is 57.9 Å². The fourth-order valence-corrected chi connectivity index (χ4v) is 7.06. The summed E-state index contributed by atoms with van der Waals surface area (Å²) in [5, 5.41) is 8.11. The van der Waals surface area contributed by atoms with Gasteiger partial charge in [-0.15, -0.1) is 0 Å². The molecule has 2 aromatic rings. The minimum absolute atomic E-state index is 0.198. The van der Waals surface area contributed by atoms with E-state index in [9.17, 15) is 19.2 Å². The molecule has 11 heteroatoms. The highest BCUT2D eigenvalue weighted by molar-refractivity contribution is 5.99. The lowest BCUT2D eigenvalue weighted by Crippen LogP contribution is -2.52. The largest absolute Gasteiger partial charge is 0.371 e. The fourth-order valence-electron chi connectivity index (χ4n) is 7.06. The Morgan fingerprint density at radius 1 is 0.881 bits per heavy atom. The second-order valence-electron chi connectivity index (χ2n) is 12.5. The van der Waals surface area contributed by atoms with E-state index in [4.69, 9.17) is 0 Å². The van der Waals surface area contributed by atoms with Gasteiger partial charge in [0.1, 0.15) is 6.04 Å². The van der Waals surface area contributed by atoms with Gasteiger partial charge < -0.3 is 9.80 Å². The molecule has 6 rings (SSSR count). The highest BCUT2D eigenvalue weighted by atomic mass is 16.2. The molecule has 0 bridgehead atoms.